The smallest absolute Gasteiger partial charge is 0.353 e. The largest absolute Gasteiger partial charge is 0.364 e. The van der Waals surface area contributed by atoms with Gasteiger partial charge >= 0.3 is 5.69 Å². The van der Waals surface area contributed by atoms with Crippen molar-refractivity contribution in [3.05, 3.63) is 46.5 Å². The molecular formula is C12H14N6O2. The van der Waals surface area contributed by atoms with Crippen LogP contribution in [0.15, 0.2) is 30.9 Å². The summed E-state index contributed by atoms with van der Waals surface area (Å²) < 4.78 is 0. The van der Waals surface area contributed by atoms with E-state index >= 15 is 0 Å². The molecule has 0 aromatic carbocycles. The van der Waals surface area contributed by atoms with Crippen molar-refractivity contribution in [2.75, 3.05) is 17.2 Å². The Morgan fingerprint density at radius 2 is 1.85 bits per heavy atom. The molecule has 0 saturated heterocycles. The van der Waals surface area contributed by atoms with E-state index in [-0.39, 0.29) is 17.3 Å². The average molecular weight is 274 g/mol. The Labute approximate surface area is 115 Å². The molecule has 2 N–H and O–H groups in total. The van der Waals surface area contributed by atoms with Crippen LogP contribution in [0.4, 0.5) is 17.3 Å². The first-order valence-electron chi connectivity index (χ1n) is 6.08. The lowest BCUT2D eigenvalue weighted by Crippen LogP contribution is -2.09. The highest BCUT2D eigenvalue weighted by Crippen LogP contribution is 2.28. The van der Waals surface area contributed by atoms with Gasteiger partial charge in [0.25, 0.3) is 0 Å². The summed E-state index contributed by atoms with van der Waals surface area (Å²) in [5, 5.41) is 17.0. The minimum Gasteiger partial charge on any atom is -0.364 e. The number of rotatable bonds is 6. The Bertz CT molecular complexity index is 590. The molecule has 0 radical (unpaired) electrons. The monoisotopic (exact) mass is 274 g/mol. The van der Waals surface area contributed by atoms with Crippen LogP contribution in [0.2, 0.25) is 0 Å². The first kappa shape index (κ1) is 13.7. The fourth-order valence-electron chi connectivity index (χ4n) is 1.66. The predicted molar refractivity (Wildman–Crippen MR) is 74.4 cm³/mol. The molecule has 0 atom stereocenters. The van der Waals surface area contributed by atoms with E-state index in [4.69, 9.17) is 0 Å². The Balaban J connectivity index is 2.22. The van der Waals surface area contributed by atoms with E-state index in [0.29, 0.717) is 13.1 Å². The first-order chi connectivity index (χ1) is 9.72. The van der Waals surface area contributed by atoms with Gasteiger partial charge in [-0.05, 0) is 24.6 Å². The molecule has 0 fully saturated rings. The van der Waals surface area contributed by atoms with Crippen LogP contribution < -0.4 is 10.6 Å². The van der Waals surface area contributed by atoms with E-state index in [2.05, 4.69) is 25.6 Å². The minimum absolute atomic E-state index is 0.150. The van der Waals surface area contributed by atoms with Gasteiger partial charge < -0.3 is 10.6 Å². The van der Waals surface area contributed by atoms with Gasteiger partial charge in [0.1, 0.15) is 6.33 Å². The van der Waals surface area contributed by atoms with Gasteiger partial charge in [0.2, 0.25) is 11.6 Å². The molecule has 2 aromatic rings. The van der Waals surface area contributed by atoms with Crippen molar-refractivity contribution < 1.29 is 4.92 Å². The lowest BCUT2D eigenvalue weighted by molar-refractivity contribution is -0.383. The van der Waals surface area contributed by atoms with E-state index in [1.807, 2.05) is 19.1 Å². The SMILES string of the molecule is CCNc1ncnc(NCc2ccncc2)c1[N+](=O)[O-]. The van der Waals surface area contributed by atoms with Crippen LogP contribution in [0, 0.1) is 10.1 Å². The van der Waals surface area contributed by atoms with Gasteiger partial charge in [-0.2, -0.15) is 0 Å². The lowest BCUT2D eigenvalue weighted by atomic mass is 10.2. The number of pyridine rings is 1. The number of nitrogens with one attached hydrogen (secondary N) is 2. The first-order valence-corrected chi connectivity index (χ1v) is 6.08. The quantitative estimate of drug-likeness (QED) is 0.611. The zero-order valence-electron chi connectivity index (χ0n) is 10.9. The van der Waals surface area contributed by atoms with Gasteiger partial charge in [-0.1, -0.05) is 0 Å². The van der Waals surface area contributed by atoms with Crippen LogP contribution in [-0.2, 0) is 6.54 Å². The topological polar surface area (TPSA) is 106 Å². The van der Waals surface area contributed by atoms with E-state index in [1.165, 1.54) is 6.33 Å². The number of hydrogen-bond acceptors (Lipinski definition) is 7. The molecule has 2 rings (SSSR count). The highest BCUT2D eigenvalue weighted by Gasteiger charge is 2.22. The normalized spacial score (nSPS) is 10.1. The number of nitrogens with zero attached hydrogens (tertiary/aromatic N) is 4. The van der Waals surface area contributed by atoms with Crippen LogP contribution in [0.3, 0.4) is 0 Å². The molecule has 8 nitrogen and oxygen atoms in total. The van der Waals surface area contributed by atoms with Gasteiger partial charge in [0.05, 0.1) is 4.92 Å². The van der Waals surface area contributed by atoms with Gasteiger partial charge in [-0.25, -0.2) is 9.97 Å². The summed E-state index contributed by atoms with van der Waals surface area (Å²) in [5.41, 5.74) is 0.807. The van der Waals surface area contributed by atoms with Crippen molar-refractivity contribution in [3.63, 3.8) is 0 Å². The van der Waals surface area contributed by atoms with Crippen molar-refractivity contribution in [3.8, 4) is 0 Å². The Morgan fingerprint density at radius 1 is 1.20 bits per heavy atom. The van der Waals surface area contributed by atoms with Gasteiger partial charge in [-0.15, -0.1) is 0 Å². The summed E-state index contributed by atoms with van der Waals surface area (Å²) in [7, 11) is 0. The maximum Gasteiger partial charge on any atom is 0.353 e. The van der Waals surface area contributed by atoms with Crippen LogP contribution >= 0.6 is 0 Å². The summed E-state index contributed by atoms with van der Waals surface area (Å²) in [4.78, 5) is 22.4. The molecule has 20 heavy (non-hydrogen) atoms. The number of aromatic nitrogens is 3. The summed E-state index contributed by atoms with van der Waals surface area (Å²) in [6, 6.07) is 3.65. The highest BCUT2D eigenvalue weighted by atomic mass is 16.6. The molecule has 2 heterocycles. The molecule has 0 aliphatic heterocycles. The average Bonchev–Trinajstić information content (AvgIpc) is 2.46. The summed E-state index contributed by atoms with van der Waals surface area (Å²) >= 11 is 0. The maximum absolute atomic E-state index is 11.2. The standard InChI is InChI=1S/C12H14N6O2/c1-2-14-11-10(18(19)20)12(17-8-16-11)15-7-9-3-5-13-6-4-9/h3-6,8H,2,7H2,1H3,(H2,14,15,16,17). The highest BCUT2D eigenvalue weighted by molar-refractivity contribution is 5.69. The third-order valence-corrected chi connectivity index (χ3v) is 2.56. The van der Waals surface area contributed by atoms with Crippen LogP contribution in [-0.4, -0.2) is 26.4 Å². The van der Waals surface area contributed by atoms with Crippen molar-refractivity contribution in [2.24, 2.45) is 0 Å². The molecule has 8 heteroatoms. The van der Waals surface area contributed by atoms with Crippen molar-refractivity contribution in [1.29, 1.82) is 0 Å². The Morgan fingerprint density at radius 3 is 2.45 bits per heavy atom. The second-order valence-electron chi connectivity index (χ2n) is 3.92. The fourth-order valence-corrected chi connectivity index (χ4v) is 1.66. The second-order valence-corrected chi connectivity index (χ2v) is 3.92. The van der Waals surface area contributed by atoms with Crippen molar-refractivity contribution in [2.45, 2.75) is 13.5 Å². The third-order valence-electron chi connectivity index (χ3n) is 2.56. The number of nitro groups is 1. The summed E-state index contributed by atoms with van der Waals surface area (Å²) in [6.07, 6.45) is 4.62. The molecular weight excluding hydrogens is 260 g/mol. The Kier molecular flexibility index (Phi) is 4.38. The third kappa shape index (κ3) is 3.16. The van der Waals surface area contributed by atoms with Crippen LogP contribution in [0.1, 0.15) is 12.5 Å². The van der Waals surface area contributed by atoms with Crippen molar-refractivity contribution in [1.82, 2.24) is 15.0 Å². The molecule has 0 bridgehead atoms. The van der Waals surface area contributed by atoms with Gasteiger partial charge in [0.15, 0.2) is 0 Å². The molecule has 0 amide bonds. The molecule has 0 saturated carbocycles. The van der Waals surface area contributed by atoms with Crippen molar-refractivity contribution >= 4 is 17.3 Å². The molecule has 0 aliphatic rings. The minimum atomic E-state index is -0.493. The zero-order chi connectivity index (χ0) is 14.4. The van der Waals surface area contributed by atoms with Gasteiger partial charge in [-0.3, -0.25) is 15.1 Å². The molecule has 104 valence electrons. The molecule has 2 aromatic heterocycles. The van der Waals surface area contributed by atoms with Crippen LogP contribution in [0.5, 0.6) is 0 Å². The van der Waals surface area contributed by atoms with E-state index in [9.17, 15) is 10.1 Å². The number of hydrogen-bond donors (Lipinski definition) is 2. The molecule has 0 unspecified atom stereocenters. The lowest BCUT2D eigenvalue weighted by Gasteiger charge is -2.08. The Hall–Kier alpha value is -2.77. The fraction of sp³-hybridized carbons (Fsp3) is 0.250. The molecule has 0 spiro atoms. The maximum atomic E-state index is 11.2. The van der Waals surface area contributed by atoms with E-state index < -0.39 is 4.92 Å². The second kappa shape index (κ2) is 6.41. The predicted octanol–water partition coefficient (Wildman–Crippen LogP) is 1.82. The summed E-state index contributed by atoms with van der Waals surface area (Å²) in [5.74, 6) is 0.405. The van der Waals surface area contributed by atoms with Gasteiger partial charge in [0, 0.05) is 25.5 Å². The molecule has 0 aliphatic carbocycles. The van der Waals surface area contributed by atoms with E-state index in [0.717, 1.165) is 5.56 Å². The van der Waals surface area contributed by atoms with E-state index in [1.54, 1.807) is 12.4 Å². The number of anilines is 2. The van der Waals surface area contributed by atoms with Crippen LogP contribution in [0.25, 0.3) is 0 Å². The summed E-state index contributed by atoms with van der Waals surface area (Å²) in [6.45, 7) is 2.81. The zero-order valence-corrected chi connectivity index (χ0v) is 10.9.